The van der Waals surface area contributed by atoms with E-state index >= 15 is 0 Å². The predicted octanol–water partition coefficient (Wildman–Crippen LogP) is 4.50. The van der Waals surface area contributed by atoms with Gasteiger partial charge < -0.3 is 14.6 Å². The SMILES string of the molecule is COc1ccc([C@@H](C)OC[C@H](O)CN2CCC[C@H]2Cc2ccc(C)c(F)c2)c(/C=C/C=O)c1. The number of ether oxygens (including phenoxy) is 2. The number of hydrogen-bond acceptors (Lipinski definition) is 5. The highest BCUT2D eigenvalue weighted by atomic mass is 19.1. The van der Waals surface area contributed by atoms with Gasteiger partial charge in [-0.05, 0) is 86.2 Å². The van der Waals surface area contributed by atoms with Crippen LogP contribution < -0.4 is 4.74 Å². The van der Waals surface area contributed by atoms with Gasteiger partial charge in [-0.15, -0.1) is 0 Å². The molecule has 0 bridgehead atoms. The minimum atomic E-state index is -0.630. The Hall–Kier alpha value is -2.54. The average Bonchev–Trinajstić information content (AvgIpc) is 3.24. The zero-order valence-electron chi connectivity index (χ0n) is 19.7. The Morgan fingerprint density at radius 3 is 2.82 bits per heavy atom. The molecule has 6 heteroatoms. The van der Waals surface area contributed by atoms with Crippen LogP contribution in [0.25, 0.3) is 6.08 Å². The van der Waals surface area contributed by atoms with Crippen molar-refractivity contribution >= 4 is 12.4 Å². The van der Waals surface area contributed by atoms with Crippen molar-refractivity contribution in [1.29, 1.82) is 0 Å². The summed E-state index contributed by atoms with van der Waals surface area (Å²) in [5, 5.41) is 10.7. The van der Waals surface area contributed by atoms with E-state index in [1.165, 1.54) is 6.08 Å². The smallest absolute Gasteiger partial charge is 0.142 e. The number of aliphatic hydroxyl groups is 1. The maximum absolute atomic E-state index is 13.9. The van der Waals surface area contributed by atoms with E-state index < -0.39 is 6.10 Å². The number of methoxy groups -OCH3 is 1. The van der Waals surface area contributed by atoms with E-state index in [0.717, 1.165) is 48.8 Å². The largest absolute Gasteiger partial charge is 0.497 e. The predicted molar refractivity (Wildman–Crippen MR) is 128 cm³/mol. The first-order chi connectivity index (χ1) is 15.9. The molecule has 0 amide bonds. The number of aryl methyl sites for hydroxylation is 1. The van der Waals surface area contributed by atoms with Gasteiger partial charge in [0.1, 0.15) is 17.9 Å². The molecular weight excluding hydrogens is 421 g/mol. The molecule has 0 spiro atoms. The normalized spacial score (nSPS) is 18.5. The highest BCUT2D eigenvalue weighted by Gasteiger charge is 2.27. The van der Waals surface area contributed by atoms with Crippen LogP contribution in [0.3, 0.4) is 0 Å². The summed E-state index contributed by atoms with van der Waals surface area (Å²) in [4.78, 5) is 13.0. The molecule has 0 saturated carbocycles. The summed E-state index contributed by atoms with van der Waals surface area (Å²) < 4.78 is 25.2. The third-order valence-corrected chi connectivity index (χ3v) is 6.28. The molecule has 1 heterocycles. The Morgan fingerprint density at radius 2 is 2.09 bits per heavy atom. The standard InChI is InChI=1S/C27H34FNO4/c1-19-8-9-21(15-27(19)28)14-23-7-4-12-29(23)17-24(31)18-33-20(2)26-11-10-25(32-3)16-22(26)6-5-13-30/h5-6,8-11,13,15-16,20,23-24,31H,4,7,12,14,17-18H2,1-3H3/b6-5+/t20-,23+,24-/m1/s1. The van der Waals surface area contributed by atoms with Gasteiger partial charge >= 0.3 is 0 Å². The molecule has 1 fully saturated rings. The van der Waals surface area contributed by atoms with Crippen molar-refractivity contribution in [2.75, 3.05) is 26.8 Å². The maximum Gasteiger partial charge on any atom is 0.142 e. The van der Waals surface area contributed by atoms with E-state index in [1.807, 2.05) is 37.3 Å². The topological polar surface area (TPSA) is 59.0 Å². The fraction of sp³-hybridized carbons (Fsp3) is 0.444. The third-order valence-electron chi connectivity index (χ3n) is 6.28. The number of benzene rings is 2. The molecule has 0 aliphatic carbocycles. The highest BCUT2D eigenvalue weighted by molar-refractivity contribution is 5.75. The summed E-state index contributed by atoms with van der Waals surface area (Å²) in [5.74, 6) is 0.533. The second-order valence-electron chi connectivity index (χ2n) is 8.70. The van der Waals surface area contributed by atoms with Gasteiger partial charge in [0.05, 0.1) is 25.9 Å². The minimum Gasteiger partial charge on any atom is -0.497 e. The second kappa shape index (κ2) is 12.1. The van der Waals surface area contributed by atoms with Gasteiger partial charge in [-0.1, -0.05) is 24.3 Å². The number of aldehydes is 1. The Labute approximate surface area is 195 Å². The van der Waals surface area contributed by atoms with Crippen LogP contribution in [0, 0.1) is 12.7 Å². The van der Waals surface area contributed by atoms with E-state index in [4.69, 9.17) is 9.47 Å². The number of aliphatic hydroxyl groups excluding tert-OH is 1. The van der Waals surface area contributed by atoms with Gasteiger partial charge in [0.15, 0.2) is 0 Å². The molecule has 2 aromatic rings. The van der Waals surface area contributed by atoms with Crippen LogP contribution in [-0.2, 0) is 16.0 Å². The third kappa shape index (κ3) is 6.97. The summed E-state index contributed by atoms with van der Waals surface area (Å²) in [6.45, 7) is 5.34. The van der Waals surface area contributed by atoms with Gasteiger partial charge in [0.25, 0.3) is 0 Å². The van der Waals surface area contributed by atoms with Crippen LogP contribution in [0.4, 0.5) is 4.39 Å². The maximum atomic E-state index is 13.9. The molecule has 33 heavy (non-hydrogen) atoms. The fourth-order valence-electron chi connectivity index (χ4n) is 4.41. The zero-order chi connectivity index (χ0) is 23.8. The van der Waals surface area contributed by atoms with Crippen molar-refractivity contribution in [3.63, 3.8) is 0 Å². The molecule has 1 aliphatic rings. The number of hydrogen-bond donors (Lipinski definition) is 1. The van der Waals surface area contributed by atoms with E-state index in [0.29, 0.717) is 23.9 Å². The van der Waals surface area contributed by atoms with Gasteiger partial charge in [0, 0.05) is 12.6 Å². The van der Waals surface area contributed by atoms with Crippen LogP contribution in [0.2, 0.25) is 0 Å². The lowest BCUT2D eigenvalue weighted by atomic mass is 10.0. The first kappa shape index (κ1) is 25.1. The molecule has 2 aromatic carbocycles. The highest BCUT2D eigenvalue weighted by Crippen LogP contribution is 2.27. The van der Waals surface area contributed by atoms with Crippen LogP contribution in [0.1, 0.15) is 48.1 Å². The van der Waals surface area contributed by atoms with Crippen LogP contribution >= 0.6 is 0 Å². The van der Waals surface area contributed by atoms with E-state index in [1.54, 1.807) is 26.2 Å². The Kier molecular flexibility index (Phi) is 9.18. The van der Waals surface area contributed by atoms with Gasteiger partial charge in [-0.3, -0.25) is 9.69 Å². The number of carbonyl (C=O) groups is 1. The number of carbonyl (C=O) groups excluding carboxylic acids is 1. The number of allylic oxidation sites excluding steroid dienone is 1. The van der Waals surface area contributed by atoms with Crippen molar-refractivity contribution in [2.45, 2.75) is 51.4 Å². The number of rotatable bonds is 11. The molecule has 5 nitrogen and oxygen atoms in total. The van der Waals surface area contributed by atoms with Crippen LogP contribution in [0.15, 0.2) is 42.5 Å². The molecule has 1 aliphatic heterocycles. The summed E-state index contributed by atoms with van der Waals surface area (Å²) in [6, 6.07) is 11.4. The Bertz CT molecular complexity index is 961. The lowest BCUT2D eigenvalue weighted by molar-refractivity contribution is -0.104. The van der Waals surface area contributed by atoms with Gasteiger partial charge in [-0.25, -0.2) is 4.39 Å². The summed E-state index contributed by atoms with van der Waals surface area (Å²) in [7, 11) is 1.60. The van der Waals surface area contributed by atoms with Gasteiger partial charge in [-0.2, -0.15) is 0 Å². The summed E-state index contributed by atoms with van der Waals surface area (Å²) in [5.41, 5.74) is 3.41. The minimum absolute atomic E-state index is 0.166. The van der Waals surface area contributed by atoms with Crippen molar-refractivity contribution in [3.8, 4) is 5.75 Å². The number of nitrogens with zero attached hydrogens (tertiary/aromatic N) is 1. The Balaban J connectivity index is 1.56. The monoisotopic (exact) mass is 455 g/mol. The Morgan fingerprint density at radius 1 is 1.27 bits per heavy atom. The molecule has 0 radical (unpaired) electrons. The molecule has 3 atom stereocenters. The van der Waals surface area contributed by atoms with Crippen molar-refractivity contribution < 1.29 is 23.8 Å². The second-order valence-corrected chi connectivity index (χ2v) is 8.70. The first-order valence-corrected chi connectivity index (χ1v) is 11.5. The van der Waals surface area contributed by atoms with Crippen LogP contribution in [-0.4, -0.2) is 55.2 Å². The number of β-amino-alcohol motifs (C(OH)–C–C–N with tert-alkyl or cyclic N) is 1. The van der Waals surface area contributed by atoms with Crippen molar-refractivity contribution in [2.24, 2.45) is 0 Å². The molecule has 0 unspecified atom stereocenters. The van der Waals surface area contributed by atoms with Gasteiger partial charge in [0.2, 0.25) is 0 Å². The molecule has 3 rings (SSSR count). The number of likely N-dealkylation sites (tertiary alicyclic amines) is 1. The van der Waals surface area contributed by atoms with Crippen molar-refractivity contribution in [1.82, 2.24) is 4.90 Å². The van der Waals surface area contributed by atoms with Crippen LogP contribution in [0.5, 0.6) is 5.75 Å². The fourth-order valence-corrected chi connectivity index (χ4v) is 4.41. The average molecular weight is 456 g/mol. The molecule has 1 saturated heterocycles. The molecule has 0 aromatic heterocycles. The van der Waals surface area contributed by atoms with Crippen molar-refractivity contribution in [3.05, 3.63) is 70.5 Å². The first-order valence-electron chi connectivity index (χ1n) is 11.5. The van der Waals surface area contributed by atoms with E-state index in [9.17, 15) is 14.3 Å². The summed E-state index contributed by atoms with van der Waals surface area (Å²) in [6.07, 6.45) is 5.89. The molecule has 178 valence electrons. The quantitative estimate of drug-likeness (QED) is 0.399. The lowest BCUT2D eigenvalue weighted by Crippen LogP contribution is -2.39. The summed E-state index contributed by atoms with van der Waals surface area (Å²) >= 11 is 0. The van der Waals surface area contributed by atoms with E-state index in [-0.39, 0.29) is 18.5 Å². The van der Waals surface area contributed by atoms with E-state index in [2.05, 4.69) is 4.90 Å². The lowest BCUT2D eigenvalue weighted by Gasteiger charge is -2.27. The molecule has 1 N–H and O–H groups in total. The zero-order valence-corrected chi connectivity index (χ0v) is 19.7. The molecular formula is C27H34FNO4. The number of halogens is 1.